The van der Waals surface area contributed by atoms with E-state index in [1.165, 1.54) is 32.3 Å². The van der Waals surface area contributed by atoms with Crippen molar-refractivity contribution in [3.05, 3.63) is 134 Å². The Morgan fingerprint density at radius 2 is 1.16 bits per heavy atom. The molecule has 0 aliphatic heterocycles. The lowest BCUT2D eigenvalue weighted by molar-refractivity contribution is 0.667. The molecule has 0 bridgehead atoms. The predicted octanol–water partition coefficient (Wildman–Crippen LogP) is 9.63. The zero-order chi connectivity index (χ0) is 28.3. The van der Waals surface area contributed by atoms with E-state index in [1.807, 2.05) is 54.6 Å². The van der Waals surface area contributed by atoms with Gasteiger partial charge in [-0.3, -0.25) is 4.98 Å². The summed E-state index contributed by atoms with van der Waals surface area (Å²) in [7, 11) is 0. The maximum Gasteiger partial charge on any atom is 0.164 e. The number of hydrogen-bond acceptors (Lipinski definition) is 5. The number of pyridine rings is 1. The molecule has 6 aromatic carbocycles. The summed E-state index contributed by atoms with van der Waals surface area (Å²) in [5.41, 5.74) is 4.26. The fourth-order valence-corrected chi connectivity index (χ4v) is 6.17. The number of nitrogens with zero attached hydrogens (tertiary/aromatic N) is 4. The number of benzene rings is 6. The summed E-state index contributed by atoms with van der Waals surface area (Å²) in [5.74, 6) is 1.84. The van der Waals surface area contributed by atoms with Gasteiger partial charge in [-0.05, 0) is 50.5 Å². The monoisotopic (exact) mass is 550 g/mol. The van der Waals surface area contributed by atoms with Gasteiger partial charge in [0, 0.05) is 33.7 Å². The Morgan fingerprint density at radius 3 is 2.05 bits per heavy atom. The minimum atomic E-state index is 0.595. The van der Waals surface area contributed by atoms with Gasteiger partial charge in [0.05, 0.1) is 6.20 Å². The van der Waals surface area contributed by atoms with Crippen molar-refractivity contribution in [2.75, 3.05) is 0 Å². The van der Waals surface area contributed by atoms with Crippen LogP contribution in [0.4, 0.5) is 0 Å². The standard InChI is InChI=1S/C38H22N4O/c1-2-8-25(9-3-1)36-40-37(42-38(41-36)31-11-6-12-33-35(31)30-19-20-39-22-34(30)43-33)26-14-13-24-16-17-28-27-10-5-4-7-23(27)15-18-29(28)32(24)21-26/h1-22H. The van der Waals surface area contributed by atoms with Crippen LogP contribution in [-0.4, -0.2) is 19.9 Å². The summed E-state index contributed by atoms with van der Waals surface area (Å²) in [6.45, 7) is 0. The van der Waals surface area contributed by atoms with E-state index >= 15 is 0 Å². The maximum absolute atomic E-state index is 6.13. The summed E-state index contributed by atoms with van der Waals surface area (Å²) in [5, 5.41) is 9.21. The van der Waals surface area contributed by atoms with Crippen molar-refractivity contribution < 1.29 is 4.42 Å². The molecule has 0 fully saturated rings. The van der Waals surface area contributed by atoms with E-state index in [2.05, 4.69) is 71.7 Å². The van der Waals surface area contributed by atoms with Crippen LogP contribution in [0.15, 0.2) is 138 Å². The van der Waals surface area contributed by atoms with Crippen LogP contribution in [-0.2, 0) is 0 Å². The van der Waals surface area contributed by atoms with Gasteiger partial charge in [-0.1, -0.05) is 103 Å². The first-order chi connectivity index (χ1) is 21.3. The smallest absolute Gasteiger partial charge is 0.164 e. The normalized spacial score (nSPS) is 11.7. The van der Waals surface area contributed by atoms with Crippen LogP contribution in [0.5, 0.6) is 0 Å². The highest BCUT2D eigenvalue weighted by Crippen LogP contribution is 2.37. The number of aromatic nitrogens is 4. The molecule has 0 radical (unpaired) electrons. The Balaban J connectivity index is 1.31. The van der Waals surface area contributed by atoms with E-state index in [4.69, 9.17) is 19.4 Å². The van der Waals surface area contributed by atoms with Crippen LogP contribution in [0.3, 0.4) is 0 Å². The molecule has 0 aliphatic rings. The fraction of sp³-hybridized carbons (Fsp3) is 0. The third-order valence-corrected chi connectivity index (χ3v) is 8.21. The summed E-state index contributed by atoms with van der Waals surface area (Å²) in [4.78, 5) is 19.4. The van der Waals surface area contributed by atoms with E-state index in [0.29, 0.717) is 17.5 Å². The molecule has 0 saturated carbocycles. The molecule has 3 heterocycles. The van der Waals surface area contributed by atoms with Gasteiger partial charge >= 0.3 is 0 Å². The van der Waals surface area contributed by atoms with Crippen LogP contribution in [0, 0.1) is 0 Å². The van der Waals surface area contributed by atoms with Crippen molar-refractivity contribution in [3.8, 4) is 34.2 Å². The molecule has 5 heteroatoms. The number of furan rings is 1. The van der Waals surface area contributed by atoms with Crippen LogP contribution < -0.4 is 0 Å². The highest BCUT2D eigenvalue weighted by Gasteiger charge is 2.18. The topological polar surface area (TPSA) is 64.7 Å². The predicted molar refractivity (Wildman–Crippen MR) is 174 cm³/mol. The van der Waals surface area contributed by atoms with E-state index < -0.39 is 0 Å². The molecule has 0 atom stereocenters. The van der Waals surface area contributed by atoms with Crippen LogP contribution in [0.25, 0.3) is 88.4 Å². The van der Waals surface area contributed by atoms with Gasteiger partial charge in [0.15, 0.2) is 23.1 Å². The van der Waals surface area contributed by atoms with Crippen LogP contribution >= 0.6 is 0 Å². The third kappa shape index (κ3) is 3.79. The van der Waals surface area contributed by atoms with Crippen molar-refractivity contribution in [2.45, 2.75) is 0 Å². The first-order valence-electron chi connectivity index (χ1n) is 14.2. The van der Waals surface area contributed by atoms with Gasteiger partial charge in [0.2, 0.25) is 0 Å². The first-order valence-corrected chi connectivity index (χ1v) is 14.2. The molecule has 200 valence electrons. The molecule has 0 amide bonds. The third-order valence-electron chi connectivity index (χ3n) is 8.21. The van der Waals surface area contributed by atoms with Gasteiger partial charge in [0.25, 0.3) is 0 Å². The molecule has 0 spiro atoms. The summed E-state index contributed by atoms with van der Waals surface area (Å²) >= 11 is 0. The average Bonchev–Trinajstić information content (AvgIpc) is 3.47. The van der Waals surface area contributed by atoms with Crippen molar-refractivity contribution >= 4 is 54.3 Å². The Bertz CT molecular complexity index is 2520. The van der Waals surface area contributed by atoms with Gasteiger partial charge in [-0.2, -0.15) is 0 Å². The highest BCUT2D eigenvalue weighted by atomic mass is 16.3. The molecule has 9 aromatic rings. The molecule has 0 N–H and O–H groups in total. The molecular weight excluding hydrogens is 528 g/mol. The number of hydrogen-bond donors (Lipinski definition) is 0. The van der Waals surface area contributed by atoms with Gasteiger partial charge in [0.1, 0.15) is 5.58 Å². The largest absolute Gasteiger partial charge is 0.454 e. The van der Waals surface area contributed by atoms with E-state index in [1.54, 1.807) is 12.4 Å². The van der Waals surface area contributed by atoms with E-state index in [-0.39, 0.29) is 0 Å². The second kappa shape index (κ2) is 9.29. The van der Waals surface area contributed by atoms with E-state index in [9.17, 15) is 0 Å². The molecule has 5 nitrogen and oxygen atoms in total. The maximum atomic E-state index is 6.13. The SMILES string of the molecule is c1ccc(-c2nc(-c3ccc4ccc5c6ccccc6ccc5c4c3)nc(-c3cccc4oc5cnccc5c34)n2)cc1. The Hall–Kier alpha value is -5.94. The average molecular weight is 551 g/mol. The molecular formula is C38H22N4O. The van der Waals surface area contributed by atoms with Crippen molar-refractivity contribution in [1.82, 2.24) is 19.9 Å². The molecule has 9 rings (SSSR count). The molecule has 0 unspecified atom stereocenters. The fourth-order valence-electron chi connectivity index (χ4n) is 6.17. The number of fused-ring (bicyclic) bond motifs is 8. The zero-order valence-corrected chi connectivity index (χ0v) is 22.9. The summed E-state index contributed by atoms with van der Waals surface area (Å²) in [6, 6.07) is 41.9. The van der Waals surface area contributed by atoms with Crippen molar-refractivity contribution in [1.29, 1.82) is 0 Å². The highest BCUT2D eigenvalue weighted by molar-refractivity contribution is 6.17. The Labute approximate surface area is 246 Å². The lowest BCUT2D eigenvalue weighted by Gasteiger charge is -2.11. The van der Waals surface area contributed by atoms with E-state index in [0.717, 1.165) is 38.6 Å². The van der Waals surface area contributed by atoms with Crippen molar-refractivity contribution in [2.24, 2.45) is 0 Å². The first kappa shape index (κ1) is 23.7. The molecule has 0 aliphatic carbocycles. The molecule has 0 saturated heterocycles. The minimum Gasteiger partial charge on any atom is -0.454 e. The number of rotatable bonds is 3. The van der Waals surface area contributed by atoms with Crippen LogP contribution in [0.2, 0.25) is 0 Å². The Morgan fingerprint density at radius 1 is 0.442 bits per heavy atom. The van der Waals surface area contributed by atoms with Crippen LogP contribution in [0.1, 0.15) is 0 Å². The van der Waals surface area contributed by atoms with Crippen molar-refractivity contribution in [3.63, 3.8) is 0 Å². The Kier molecular flexibility index (Phi) is 5.13. The second-order valence-corrected chi connectivity index (χ2v) is 10.7. The lowest BCUT2D eigenvalue weighted by Crippen LogP contribution is -2.00. The quantitative estimate of drug-likeness (QED) is 0.205. The van der Waals surface area contributed by atoms with Gasteiger partial charge in [-0.25, -0.2) is 15.0 Å². The second-order valence-electron chi connectivity index (χ2n) is 10.7. The van der Waals surface area contributed by atoms with Gasteiger partial charge < -0.3 is 4.42 Å². The van der Waals surface area contributed by atoms with Gasteiger partial charge in [-0.15, -0.1) is 0 Å². The minimum absolute atomic E-state index is 0.595. The summed E-state index contributed by atoms with van der Waals surface area (Å²) < 4.78 is 6.13. The zero-order valence-electron chi connectivity index (χ0n) is 22.9. The lowest BCUT2D eigenvalue weighted by atomic mass is 9.96. The molecule has 3 aromatic heterocycles. The summed E-state index contributed by atoms with van der Waals surface area (Å²) in [6.07, 6.45) is 3.53. The molecule has 43 heavy (non-hydrogen) atoms.